The molecule has 0 unspecified atom stereocenters. The molecule has 0 amide bonds. The van der Waals surface area contributed by atoms with E-state index in [4.69, 9.17) is 5.11 Å². The molecule has 1 aromatic carbocycles. The molecule has 1 aromatic rings. The van der Waals surface area contributed by atoms with E-state index in [1.54, 1.807) is 0 Å². The number of nitro benzene ring substituents is 1. The van der Waals surface area contributed by atoms with Gasteiger partial charge >= 0.3 is 17.9 Å². The molecule has 0 spiro atoms. The van der Waals surface area contributed by atoms with Crippen molar-refractivity contribution in [2.24, 2.45) is 0 Å². The number of carbonyl (C=O) groups is 3. The molecule has 2 N–H and O–H groups in total. The molecule has 0 fully saturated rings. The van der Waals surface area contributed by atoms with Crippen molar-refractivity contribution < 1.29 is 33.9 Å². The summed E-state index contributed by atoms with van der Waals surface area (Å²) in [5.74, 6) is -3.20. The van der Waals surface area contributed by atoms with Crippen molar-refractivity contribution in [2.45, 2.75) is 0 Å². The van der Waals surface area contributed by atoms with Gasteiger partial charge in [-0.25, -0.2) is 14.4 Å². The first kappa shape index (κ1) is 17.6. The minimum Gasteiger partial charge on any atom is -0.478 e. The van der Waals surface area contributed by atoms with E-state index in [9.17, 15) is 24.5 Å². The zero-order valence-electron chi connectivity index (χ0n) is 12.1. The van der Waals surface area contributed by atoms with Gasteiger partial charge in [0, 0.05) is 6.07 Å². The highest BCUT2D eigenvalue weighted by Gasteiger charge is 2.21. The topological polar surface area (TPSA) is 145 Å². The van der Waals surface area contributed by atoms with Gasteiger partial charge in [0.1, 0.15) is 11.4 Å². The molecule has 0 aliphatic heterocycles. The minimum atomic E-state index is -1.35. The quantitative estimate of drug-likeness (QED) is 0.338. The summed E-state index contributed by atoms with van der Waals surface area (Å²) in [5.41, 5.74) is -1.51. The van der Waals surface area contributed by atoms with Gasteiger partial charge < -0.3 is 19.9 Å². The number of carboxylic acids is 1. The molecule has 0 bridgehead atoms. The second-order valence-electron chi connectivity index (χ2n) is 3.99. The van der Waals surface area contributed by atoms with Crippen LogP contribution in [0.15, 0.2) is 30.0 Å². The normalized spacial score (nSPS) is 10.6. The predicted octanol–water partition coefficient (Wildman–Crippen LogP) is 0.935. The molecule has 0 aliphatic carbocycles. The molecule has 0 saturated heterocycles. The SMILES string of the molecule is COC(=O)/C=C(/Nc1ccc(C(=O)O)cc1[N+](=O)[O-])C(=O)OC. The lowest BCUT2D eigenvalue weighted by molar-refractivity contribution is -0.384. The zero-order chi connectivity index (χ0) is 17.6. The van der Waals surface area contributed by atoms with Gasteiger partial charge in [-0.15, -0.1) is 0 Å². The maximum Gasteiger partial charge on any atom is 0.354 e. The third-order valence-electron chi connectivity index (χ3n) is 2.58. The first-order chi connectivity index (χ1) is 10.8. The second-order valence-corrected chi connectivity index (χ2v) is 3.99. The van der Waals surface area contributed by atoms with Crippen LogP contribution in [0, 0.1) is 10.1 Å². The highest BCUT2D eigenvalue weighted by atomic mass is 16.6. The molecule has 122 valence electrons. The minimum absolute atomic E-state index is 0.194. The number of hydrogen-bond acceptors (Lipinski definition) is 8. The molecule has 0 radical (unpaired) electrons. The Morgan fingerprint density at radius 3 is 2.39 bits per heavy atom. The van der Waals surface area contributed by atoms with E-state index < -0.39 is 34.2 Å². The van der Waals surface area contributed by atoms with Gasteiger partial charge in [0.2, 0.25) is 0 Å². The number of esters is 2. The fraction of sp³-hybridized carbons (Fsp3) is 0.154. The van der Waals surface area contributed by atoms with E-state index >= 15 is 0 Å². The Kier molecular flexibility index (Phi) is 5.78. The van der Waals surface area contributed by atoms with Crippen molar-refractivity contribution in [1.82, 2.24) is 0 Å². The van der Waals surface area contributed by atoms with Crippen LogP contribution in [0.4, 0.5) is 11.4 Å². The monoisotopic (exact) mass is 324 g/mol. The lowest BCUT2D eigenvalue weighted by atomic mass is 10.1. The van der Waals surface area contributed by atoms with Crippen LogP contribution in [0.5, 0.6) is 0 Å². The van der Waals surface area contributed by atoms with E-state index in [1.165, 1.54) is 0 Å². The molecule has 10 nitrogen and oxygen atoms in total. The lowest BCUT2D eigenvalue weighted by Gasteiger charge is -2.09. The Bertz CT molecular complexity index is 695. The summed E-state index contributed by atoms with van der Waals surface area (Å²) in [5, 5.41) is 22.3. The van der Waals surface area contributed by atoms with Crippen molar-refractivity contribution in [1.29, 1.82) is 0 Å². The molecule has 0 atom stereocenters. The van der Waals surface area contributed by atoms with Crippen LogP contribution in [0.1, 0.15) is 10.4 Å². The number of carboxylic acid groups (broad SMARTS) is 1. The van der Waals surface area contributed by atoms with Crippen LogP contribution in [0.2, 0.25) is 0 Å². The summed E-state index contributed by atoms with van der Waals surface area (Å²) in [7, 11) is 2.13. The Morgan fingerprint density at radius 1 is 1.26 bits per heavy atom. The van der Waals surface area contributed by atoms with Gasteiger partial charge in [0.05, 0.1) is 30.8 Å². The molecule has 0 heterocycles. The van der Waals surface area contributed by atoms with Crippen molar-refractivity contribution in [3.8, 4) is 0 Å². The number of methoxy groups -OCH3 is 2. The average molecular weight is 324 g/mol. The van der Waals surface area contributed by atoms with Crippen molar-refractivity contribution in [2.75, 3.05) is 19.5 Å². The predicted molar refractivity (Wildman–Crippen MR) is 75.8 cm³/mol. The molecular formula is C13H12N2O8. The number of carbonyl (C=O) groups excluding carboxylic acids is 2. The van der Waals surface area contributed by atoms with Gasteiger partial charge in [-0.3, -0.25) is 10.1 Å². The fourth-order valence-corrected chi connectivity index (χ4v) is 1.50. The number of ether oxygens (including phenoxy) is 2. The van der Waals surface area contributed by atoms with Crippen LogP contribution in [0.25, 0.3) is 0 Å². The number of benzene rings is 1. The first-order valence-electron chi connectivity index (χ1n) is 5.96. The highest BCUT2D eigenvalue weighted by Crippen LogP contribution is 2.27. The smallest absolute Gasteiger partial charge is 0.354 e. The maximum absolute atomic E-state index is 11.6. The third-order valence-corrected chi connectivity index (χ3v) is 2.58. The number of anilines is 1. The van der Waals surface area contributed by atoms with Crippen molar-refractivity contribution in [3.63, 3.8) is 0 Å². The van der Waals surface area contributed by atoms with Gasteiger partial charge in [0.15, 0.2) is 0 Å². The Labute approximate surface area is 129 Å². The number of hydrogen-bond donors (Lipinski definition) is 2. The number of nitro groups is 1. The van der Waals surface area contributed by atoms with Crippen LogP contribution in [-0.4, -0.2) is 42.2 Å². The molecule has 23 heavy (non-hydrogen) atoms. The summed E-state index contributed by atoms with van der Waals surface area (Å²) < 4.78 is 8.82. The van der Waals surface area contributed by atoms with Crippen LogP contribution in [0.3, 0.4) is 0 Å². The summed E-state index contributed by atoms with van der Waals surface area (Å²) in [4.78, 5) is 43.9. The largest absolute Gasteiger partial charge is 0.478 e. The summed E-state index contributed by atoms with van der Waals surface area (Å²) in [6.45, 7) is 0. The van der Waals surface area contributed by atoms with Gasteiger partial charge in [-0.05, 0) is 12.1 Å². The van der Waals surface area contributed by atoms with E-state index in [2.05, 4.69) is 14.8 Å². The van der Waals surface area contributed by atoms with Crippen molar-refractivity contribution in [3.05, 3.63) is 45.6 Å². The highest BCUT2D eigenvalue weighted by molar-refractivity contribution is 5.99. The summed E-state index contributed by atoms with van der Waals surface area (Å²) >= 11 is 0. The molecule has 0 aromatic heterocycles. The zero-order valence-corrected chi connectivity index (χ0v) is 12.1. The fourth-order valence-electron chi connectivity index (χ4n) is 1.50. The van der Waals surface area contributed by atoms with E-state index in [1.807, 2.05) is 0 Å². The second kappa shape index (κ2) is 7.54. The number of aromatic carboxylic acids is 1. The first-order valence-corrected chi connectivity index (χ1v) is 5.96. The Morgan fingerprint density at radius 2 is 1.91 bits per heavy atom. The molecule has 0 saturated carbocycles. The van der Waals surface area contributed by atoms with Gasteiger partial charge in [-0.1, -0.05) is 0 Å². The van der Waals surface area contributed by atoms with Gasteiger partial charge in [0.25, 0.3) is 5.69 Å². The third kappa shape index (κ3) is 4.52. The van der Waals surface area contributed by atoms with Gasteiger partial charge in [-0.2, -0.15) is 0 Å². The molecule has 10 heteroatoms. The van der Waals surface area contributed by atoms with Crippen LogP contribution >= 0.6 is 0 Å². The molecule has 1 rings (SSSR count). The number of nitrogens with one attached hydrogen (secondary N) is 1. The van der Waals surface area contributed by atoms with E-state index in [0.29, 0.717) is 0 Å². The maximum atomic E-state index is 11.6. The summed E-state index contributed by atoms with van der Waals surface area (Å²) in [6.07, 6.45) is 0.751. The summed E-state index contributed by atoms with van der Waals surface area (Å²) in [6, 6.07) is 3.01. The van der Waals surface area contributed by atoms with Crippen molar-refractivity contribution >= 4 is 29.3 Å². The lowest BCUT2D eigenvalue weighted by Crippen LogP contribution is -2.16. The Hall–Kier alpha value is -3.43. The molecular weight excluding hydrogens is 312 g/mol. The van der Waals surface area contributed by atoms with E-state index in [0.717, 1.165) is 38.5 Å². The standard InChI is InChI=1S/C13H12N2O8/c1-22-11(16)6-9(13(19)23-2)14-8-4-3-7(12(17)18)5-10(8)15(20)21/h3-6,14H,1-2H3,(H,17,18)/b9-6+. The average Bonchev–Trinajstić information content (AvgIpc) is 2.52. The van der Waals surface area contributed by atoms with Crippen LogP contribution in [-0.2, 0) is 19.1 Å². The molecule has 0 aliphatic rings. The Balaban J connectivity index is 3.30. The van der Waals surface area contributed by atoms with Crippen LogP contribution < -0.4 is 5.32 Å². The number of nitrogens with zero attached hydrogens (tertiary/aromatic N) is 1. The van der Waals surface area contributed by atoms with E-state index in [-0.39, 0.29) is 11.3 Å². The number of rotatable bonds is 6.